The second-order valence-electron chi connectivity index (χ2n) is 6.96. The SMILES string of the molecule is Cc1ccc(CNC(=O)C(C)n2c(=O)c(C(F)(F)F)nc3cc(C)c(C)cc32)o1. The highest BCUT2D eigenvalue weighted by molar-refractivity contribution is 5.84. The average Bonchev–Trinajstić information content (AvgIpc) is 3.04. The molecule has 0 saturated carbocycles. The second-order valence-corrected chi connectivity index (χ2v) is 6.96. The number of halogens is 3. The molecular formula is C20H20F3N3O3. The van der Waals surface area contributed by atoms with E-state index in [0.717, 1.165) is 15.7 Å². The molecule has 3 rings (SSSR count). The number of hydrogen-bond acceptors (Lipinski definition) is 4. The Morgan fingerprint density at radius 1 is 1.21 bits per heavy atom. The maximum absolute atomic E-state index is 13.4. The van der Waals surface area contributed by atoms with Crippen LogP contribution in [0.5, 0.6) is 0 Å². The van der Waals surface area contributed by atoms with Crippen molar-refractivity contribution in [3.63, 3.8) is 0 Å². The van der Waals surface area contributed by atoms with Crippen molar-refractivity contribution >= 4 is 16.9 Å². The number of benzene rings is 1. The molecule has 2 aromatic heterocycles. The number of alkyl halides is 3. The van der Waals surface area contributed by atoms with Crippen molar-refractivity contribution in [1.82, 2.24) is 14.9 Å². The Bertz CT molecular complexity index is 1150. The highest BCUT2D eigenvalue weighted by atomic mass is 19.4. The Balaban J connectivity index is 2.08. The molecule has 0 aliphatic rings. The van der Waals surface area contributed by atoms with Gasteiger partial charge >= 0.3 is 6.18 Å². The summed E-state index contributed by atoms with van der Waals surface area (Å²) >= 11 is 0. The number of furan rings is 1. The van der Waals surface area contributed by atoms with Gasteiger partial charge in [0.15, 0.2) is 0 Å². The van der Waals surface area contributed by atoms with Crippen molar-refractivity contribution < 1.29 is 22.4 Å². The summed E-state index contributed by atoms with van der Waals surface area (Å²) < 4.78 is 46.4. The molecule has 1 N–H and O–H groups in total. The molecule has 0 fully saturated rings. The molecule has 0 bridgehead atoms. The zero-order valence-electron chi connectivity index (χ0n) is 16.3. The fraction of sp³-hybridized carbons (Fsp3) is 0.350. The summed E-state index contributed by atoms with van der Waals surface area (Å²) in [6.07, 6.45) is -4.94. The van der Waals surface area contributed by atoms with Crippen LogP contribution in [0, 0.1) is 20.8 Å². The number of carbonyl (C=O) groups excluding carboxylic acids is 1. The molecule has 29 heavy (non-hydrogen) atoms. The zero-order valence-corrected chi connectivity index (χ0v) is 16.3. The molecule has 0 saturated heterocycles. The van der Waals surface area contributed by atoms with Crippen molar-refractivity contribution in [2.24, 2.45) is 0 Å². The van der Waals surface area contributed by atoms with E-state index in [0.29, 0.717) is 11.5 Å². The summed E-state index contributed by atoms with van der Waals surface area (Å²) in [6, 6.07) is 5.27. The lowest BCUT2D eigenvalue weighted by Gasteiger charge is -2.20. The maximum atomic E-state index is 13.4. The van der Waals surface area contributed by atoms with Crippen LogP contribution >= 0.6 is 0 Å². The minimum Gasteiger partial charge on any atom is -0.465 e. The summed E-state index contributed by atoms with van der Waals surface area (Å²) in [4.78, 5) is 28.8. The van der Waals surface area contributed by atoms with Crippen LogP contribution in [0.25, 0.3) is 11.0 Å². The Kier molecular flexibility index (Phi) is 5.25. The van der Waals surface area contributed by atoms with Gasteiger partial charge in [-0.05, 0) is 63.1 Å². The van der Waals surface area contributed by atoms with Crippen LogP contribution in [-0.4, -0.2) is 15.5 Å². The Hall–Kier alpha value is -3.10. The Morgan fingerprint density at radius 3 is 2.45 bits per heavy atom. The van der Waals surface area contributed by atoms with Gasteiger partial charge in [0.2, 0.25) is 11.6 Å². The number of carbonyl (C=O) groups is 1. The molecule has 1 unspecified atom stereocenters. The molecule has 1 amide bonds. The third-order valence-corrected chi connectivity index (χ3v) is 4.77. The normalized spacial score (nSPS) is 12.9. The lowest BCUT2D eigenvalue weighted by molar-refractivity contribution is -0.142. The lowest BCUT2D eigenvalue weighted by Crippen LogP contribution is -2.39. The summed E-state index contributed by atoms with van der Waals surface area (Å²) in [5.41, 5.74) is -1.23. The highest BCUT2D eigenvalue weighted by Gasteiger charge is 2.38. The van der Waals surface area contributed by atoms with Gasteiger partial charge in [-0.25, -0.2) is 4.98 Å². The summed E-state index contributed by atoms with van der Waals surface area (Å²) in [6.45, 7) is 6.68. The number of nitrogens with one attached hydrogen (secondary N) is 1. The smallest absolute Gasteiger partial charge is 0.438 e. The third-order valence-electron chi connectivity index (χ3n) is 4.77. The van der Waals surface area contributed by atoms with E-state index < -0.39 is 29.4 Å². The number of hydrogen-bond donors (Lipinski definition) is 1. The first-order valence-corrected chi connectivity index (χ1v) is 8.92. The van der Waals surface area contributed by atoms with Gasteiger partial charge in [-0.2, -0.15) is 13.2 Å². The van der Waals surface area contributed by atoms with Crippen LogP contribution < -0.4 is 10.9 Å². The fourth-order valence-corrected chi connectivity index (χ4v) is 3.05. The molecule has 6 nitrogen and oxygen atoms in total. The van der Waals surface area contributed by atoms with E-state index in [2.05, 4.69) is 10.3 Å². The van der Waals surface area contributed by atoms with Crippen molar-refractivity contribution in [2.45, 2.75) is 46.5 Å². The van der Waals surface area contributed by atoms with Gasteiger partial charge < -0.3 is 9.73 Å². The number of amides is 1. The van der Waals surface area contributed by atoms with Crippen LogP contribution in [0.15, 0.2) is 33.5 Å². The molecule has 2 heterocycles. The second kappa shape index (κ2) is 7.38. The molecular weight excluding hydrogens is 387 g/mol. The van der Waals surface area contributed by atoms with Gasteiger partial charge in [-0.3, -0.25) is 14.2 Å². The molecule has 0 spiro atoms. The predicted octanol–water partition coefficient (Wildman–Crippen LogP) is 3.81. The first-order valence-electron chi connectivity index (χ1n) is 8.92. The van der Waals surface area contributed by atoms with E-state index >= 15 is 0 Å². The number of aromatic nitrogens is 2. The largest absolute Gasteiger partial charge is 0.465 e. The minimum atomic E-state index is -4.94. The number of aryl methyl sites for hydroxylation is 3. The van der Waals surface area contributed by atoms with Crippen molar-refractivity contribution in [1.29, 1.82) is 0 Å². The van der Waals surface area contributed by atoms with Gasteiger partial charge in [0.1, 0.15) is 17.6 Å². The first-order chi connectivity index (χ1) is 13.5. The number of nitrogens with zero attached hydrogens (tertiary/aromatic N) is 2. The standard InChI is InChI=1S/C20H20F3N3O3/c1-10-7-15-16(8-11(10)2)26(19(28)17(25-15)20(21,22)23)13(4)18(27)24-9-14-6-5-12(3)29-14/h5-8,13H,9H2,1-4H3,(H,24,27). The molecule has 0 aliphatic carbocycles. The molecule has 9 heteroatoms. The molecule has 0 radical (unpaired) electrons. The van der Waals surface area contributed by atoms with Crippen LogP contribution in [0.3, 0.4) is 0 Å². The van der Waals surface area contributed by atoms with Crippen LogP contribution in [0.2, 0.25) is 0 Å². The third kappa shape index (κ3) is 4.03. The molecule has 154 valence electrons. The van der Waals surface area contributed by atoms with E-state index in [4.69, 9.17) is 4.42 Å². The fourth-order valence-electron chi connectivity index (χ4n) is 3.05. The molecule has 3 aromatic rings. The topological polar surface area (TPSA) is 77.1 Å². The van der Waals surface area contributed by atoms with Gasteiger partial charge in [0.05, 0.1) is 17.6 Å². The van der Waals surface area contributed by atoms with Crippen molar-refractivity contribution in [3.8, 4) is 0 Å². The summed E-state index contributed by atoms with van der Waals surface area (Å²) in [5, 5.41) is 2.59. The zero-order chi connectivity index (χ0) is 21.5. The molecule has 1 atom stereocenters. The Labute approximate surface area is 164 Å². The number of fused-ring (bicyclic) bond motifs is 1. The minimum absolute atomic E-state index is 0.00124. The van der Waals surface area contributed by atoms with E-state index in [1.807, 2.05) is 0 Å². The van der Waals surface area contributed by atoms with Crippen LogP contribution in [0.4, 0.5) is 13.2 Å². The van der Waals surface area contributed by atoms with Gasteiger partial charge in [-0.1, -0.05) is 0 Å². The van der Waals surface area contributed by atoms with Crippen LogP contribution in [-0.2, 0) is 17.5 Å². The lowest BCUT2D eigenvalue weighted by atomic mass is 10.1. The summed E-state index contributed by atoms with van der Waals surface area (Å²) in [7, 11) is 0. The van der Waals surface area contributed by atoms with E-state index in [1.54, 1.807) is 39.0 Å². The summed E-state index contributed by atoms with van der Waals surface area (Å²) in [5.74, 6) is 0.553. The first kappa shape index (κ1) is 20.6. The van der Waals surface area contributed by atoms with Crippen LogP contribution in [0.1, 0.15) is 41.3 Å². The molecule has 0 aliphatic heterocycles. The van der Waals surface area contributed by atoms with Gasteiger partial charge in [0.25, 0.3) is 5.56 Å². The van der Waals surface area contributed by atoms with Gasteiger partial charge in [-0.15, -0.1) is 0 Å². The van der Waals surface area contributed by atoms with E-state index in [9.17, 15) is 22.8 Å². The predicted molar refractivity (Wildman–Crippen MR) is 100 cm³/mol. The van der Waals surface area contributed by atoms with Gasteiger partial charge in [0, 0.05) is 0 Å². The van der Waals surface area contributed by atoms with E-state index in [-0.39, 0.29) is 17.6 Å². The Morgan fingerprint density at radius 2 is 1.86 bits per heavy atom. The van der Waals surface area contributed by atoms with E-state index in [1.165, 1.54) is 13.0 Å². The van der Waals surface area contributed by atoms with Crippen molar-refractivity contribution in [3.05, 3.63) is 63.0 Å². The highest BCUT2D eigenvalue weighted by Crippen LogP contribution is 2.28. The quantitative estimate of drug-likeness (QED) is 0.714. The monoisotopic (exact) mass is 407 g/mol. The maximum Gasteiger partial charge on any atom is 0.438 e. The average molecular weight is 407 g/mol. The number of rotatable bonds is 4. The molecule has 1 aromatic carbocycles. The van der Waals surface area contributed by atoms with Crippen molar-refractivity contribution in [2.75, 3.05) is 0 Å².